The van der Waals surface area contributed by atoms with Gasteiger partial charge in [-0.1, -0.05) is 24.3 Å². The molecule has 0 saturated carbocycles. The van der Waals surface area contributed by atoms with Gasteiger partial charge in [0.2, 0.25) is 0 Å². The van der Waals surface area contributed by atoms with Crippen LogP contribution in [0.4, 0.5) is 10.1 Å². The highest BCUT2D eigenvalue weighted by Crippen LogP contribution is 2.32. The van der Waals surface area contributed by atoms with Crippen molar-refractivity contribution < 1.29 is 12.8 Å². The molecular formula is C16H16FNO2S. The van der Waals surface area contributed by atoms with Crippen molar-refractivity contribution in [1.82, 2.24) is 0 Å². The molecule has 0 aromatic heterocycles. The summed E-state index contributed by atoms with van der Waals surface area (Å²) in [5, 5.41) is 0. The molecule has 0 N–H and O–H groups in total. The van der Waals surface area contributed by atoms with E-state index in [0.29, 0.717) is 17.8 Å². The Morgan fingerprint density at radius 3 is 2.71 bits per heavy atom. The molecule has 0 radical (unpaired) electrons. The molecule has 0 fully saturated rings. The number of anilines is 1. The highest BCUT2D eigenvalue weighted by Gasteiger charge is 2.30. The number of rotatable bonds is 2. The van der Waals surface area contributed by atoms with Gasteiger partial charge in [0.05, 0.1) is 10.6 Å². The Kier molecular flexibility index (Phi) is 3.45. The van der Waals surface area contributed by atoms with E-state index in [9.17, 15) is 12.8 Å². The standard InChI is InChI=1S/C16H16FNO2S/c1-12-8-9-14(17)11-16(12)21(19,20)18-10-4-6-13-5-2-3-7-15(13)18/h2-3,5,7-9,11H,4,6,10H2,1H3. The maximum absolute atomic E-state index is 13.5. The molecule has 1 aliphatic rings. The lowest BCUT2D eigenvalue weighted by atomic mass is 10.0. The number of benzene rings is 2. The highest BCUT2D eigenvalue weighted by molar-refractivity contribution is 7.92. The molecule has 3 nitrogen and oxygen atoms in total. The summed E-state index contributed by atoms with van der Waals surface area (Å²) in [6.45, 7) is 2.11. The fourth-order valence-corrected chi connectivity index (χ4v) is 4.50. The van der Waals surface area contributed by atoms with E-state index < -0.39 is 15.8 Å². The molecule has 21 heavy (non-hydrogen) atoms. The number of hydrogen-bond donors (Lipinski definition) is 0. The molecule has 110 valence electrons. The van der Waals surface area contributed by atoms with E-state index in [1.165, 1.54) is 16.4 Å². The van der Waals surface area contributed by atoms with E-state index in [1.807, 2.05) is 18.2 Å². The summed E-state index contributed by atoms with van der Waals surface area (Å²) in [6.07, 6.45) is 1.63. The van der Waals surface area contributed by atoms with Crippen LogP contribution in [-0.4, -0.2) is 15.0 Å². The number of fused-ring (bicyclic) bond motifs is 1. The number of halogens is 1. The van der Waals surface area contributed by atoms with E-state index >= 15 is 0 Å². The SMILES string of the molecule is Cc1ccc(F)cc1S(=O)(=O)N1CCCc2ccccc21. The topological polar surface area (TPSA) is 37.4 Å². The lowest BCUT2D eigenvalue weighted by molar-refractivity contribution is 0.581. The predicted molar refractivity (Wildman–Crippen MR) is 80.4 cm³/mol. The summed E-state index contributed by atoms with van der Waals surface area (Å²) < 4.78 is 40.6. The van der Waals surface area contributed by atoms with E-state index in [4.69, 9.17) is 0 Å². The van der Waals surface area contributed by atoms with E-state index in [2.05, 4.69) is 0 Å². The van der Waals surface area contributed by atoms with Crippen LogP contribution in [0.15, 0.2) is 47.4 Å². The van der Waals surface area contributed by atoms with Gasteiger partial charge in [0.1, 0.15) is 5.82 Å². The van der Waals surface area contributed by atoms with Crippen molar-refractivity contribution in [3.8, 4) is 0 Å². The third kappa shape index (κ3) is 2.42. The number of sulfonamides is 1. The molecule has 0 amide bonds. The van der Waals surface area contributed by atoms with Crippen LogP contribution in [-0.2, 0) is 16.4 Å². The number of nitrogens with zero attached hydrogens (tertiary/aromatic N) is 1. The van der Waals surface area contributed by atoms with Gasteiger partial charge in [0, 0.05) is 6.54 Å². The van der Waals surface area contributed by atoms with Gasteiger partial charge in [-0.15, -0.1) is 0 Å². The zero-order chi connectivity index (χ0) is 15.0. The third-order valence-corrected chi connectivity index (χ3v) is 5.74. The van der Waals surface area contributed by atoms with Gasteiger partial charge in [0.15, 0.2) is 0 Å². The number of aryl methyl sites for hydroxylation is 2. The second-order valence-electron chi connectivity index (χ2n) is 5.22. The Bertz CT molecular complexity index is 787. The highest BCUT2D eigenvalue weighted by atomic mass is 32.2. The second-order valence-corrected chi connectivity index (χ2v) is 7.05. The minimum atomic E-state index is -3.74. The van der Waals surface area contributed by atoms with E-state index in [1.54, 1.807) is 13.0 Å². The molecule has 1 aliphatic heterocycles. The minimum Gasteiger partial charge on any atom is -0.266 e. The van der Waals surface area contributed by atoms with Crippen LogP contribution in [0.3, 0.4) is 0 Å². The van der Waals surface area contributed by atoms with Crippen LogP contribution >= 0.6 is 0 Å². The average Bonchev–Trinajstić information content (AvgIpc) is 2.49. The summed E-state index contributed by atoms with van der Waals surface area (Å²) in [5.74, 6) is -0.538. The first-order valence-corrected chi connectivity index (χ1v) is 8.31. The number of para-hydroxylation sites is 1. The summed E-state index contributed by atoms with van der Waals surface area (Å²) in [6, 6.07) is 11.3. The normalized spacial score (nSPS) is 14.9. The molecule has 0 unspecified atom stereocenters. The minimum absolute atomic E-state index is 0.0409. The zero-order valence-corrected chi connectivity index (χ0v) is 12.5. The maximum atomic E-state index is 13.5. The summed E-state index contributed by atoms with van der Waals surface area (Å²) in [5.41, 5.74) is 2.27. The van der Waals surface area contributed by atoms with E-state index in [0.717, 1.165) is 24.5 Å². The van der Waals surface area contributed by atoms with Crippen molar-refractivity contribution in [3.63, 3.8) is 0 Å². The van der Waals surface area contributed by atoms with Crippen molar-refractivity contribution in [3.05, 3.63) is 59.4 Å². The van der Waals surface area contributed by atoms with Crippen LogP contribution in [0.1, 0.15) is 17.5 Å². The van der Waals surface area contributed by atoms with Gasteiger partial charge in [-0.3, -0.25) is 4.31 Å². The predicted octanol–water partition coefficient (Wildman–Crippen LogP) is 3.28. The van der Waals surface area contributed by atoms with Gasteiger partial charge < -0.3 is 0 Å². The molecule has 2 aromatic rings. The van der Waals surface area contributed by atoms with Crippen molar-refractivity contribution in [2.45, 2.75) is 24.7 Å². The lowest BCUT2D eigenvalue weighted by Crippen LogP contribution is -2.35. The first-order chi connectivity index (χ1) is 10.00. The van der Waals surface area contributed by atoms with Gasteiger partial charge in [-0.2, -0.15) is 0 Å². The van der Waals surface area contributed by atoms with Crippen molar-refractivity contribution in [2.75, 3.05) is 10.8 Å². The van der Waals surface area contributed by atoms with Gasteiger partial charge in [0.25, 0.3) is 10.0 Å². The van der Waals surface area contributed by atoms with Gasteiger partial charge >= 0.3 is 0 Å². The first-order valence-electron chi connectivity index (χ1n) is 6.87. The average molecular weight is 305 g/mol. The monoisotopic (exact) mass is 305 g/mol. The molecular weight excluding hydrogens is 289 g/mol. The second kappa shape index (κ2) is 5.15. The molecule has 5 heteroatoms. The molecule has 1 heterocycles. The largest absolute Gasteiger partial charge is 0.266 e. The molecule has 3 rings (SSSR count). The summed E-state index contributed by atoms with van der Waals surface area (Å²) in [7, 11) is -3.74. The Balaban J connectivity index is 2.14. The Morgan fingerprint density at radius 2 is 1.90 bits per heavy atom. The molecule has 2 aromatic carbocycles. The molecule has 0 spiro atoms. The Labute approximate surface area is 124 Å². The van der Waals surface area contributed by atoms with Crippen molar-refractivity contribution >= 4 is 15.7 Å². The quantitative estimate of drug-likeness (QED) is 0.854. The Hall–Kier alpha value is -1.88. The van der Waals surface area contributed by atoms with Crippen LogP contribution in [0.25, 0.3) is 0 Å². The fourth-order valence-electron chi connectivity index (χ4n) is 2.72. The summed E-state index contributed by atoms with van der Waals surface area (Å²) in [4.78, 5) is 0.0409. The third-order valence-electron chi connectivity index (χ3n) is 3.79. The summed E-state index contributed by atoms with van der Waals surface area (Å²) >= 11 is 0. The van der Waals surface area contributed by atoms with Gasteiger partial charge in [-0.25, -0.2) is 12.8 Å². The molecule has 0 saturated heterocycles. The molecule has 0 bridgehead atoms. The fraction of sp³-hybridized carbons (Fsp3) is 0.250. The van der Waals surface area contributed by atoms with Crippen molar-refractivity contribution in [1.29, 1.82) is 0 Å². The van der Waals surface area contributed by atoms with Crippen LogP contribution in [0.2, 0.25) is 0 Å². The Morgan fingerprint density at radius 1 is 1.14 bits per heavy atom. The van der Waals surface area contributed by atoms with Crippen LogP contribution < -0.4 is 4.31 Å². The zero-order valence-electron chi connectivity index (χ0n) is 11.7. The van der Waals surface area contributed by atoms with E-state index in [-0.39, 0.29) is 4.90 Å². The first kappa shape index (κ1) is 14.1. The number of hydrogen-bond acceptors (Lipinski definition) is 2. The van der Waals surface area contributed by atoms with Crippen LogP contribution in [0, 0.1) is 12.7 Å². The molecule has 0 atom stereocenters. The smallest absolute Gasteiger partial charge is 0.264 e. The van der Waals surface area contributed by atoms with Crippen LogP contribution in [0.5, 0.6) is 0 Å². The van der Waals surface area contributed by atoms with Gasteiger partial charge in [-0.05, 0) is 49.1 Å². The molecule has 0 aliphatic carbocycles. The maximum Gasteiger partial charge on any atom is 0.264 e. The van der Waals surface area contributed by atoms with Crippen molar-refractivity contribution in [2.24, 2.45) is 0 Å². The lowest BCUT2D eigenvalue weighted by Gasteiger charge is -2.30.